The molecule has 0 aromatic rings. The third-order valence-electron chi connectivity index (χ3n) is 23.4. The lowest BCUT2D eigenvalue weighted by Crippen LogP contribution is -2.59. The monoisotopic (exact) mass is 2390 g/mol. The van der Waals surface area contributed by atoms with Crippen LogP contribution in [0.3, 0.4) is 0 Å². The minimum Gasteiger partial charge on any atom is -0.344 e. The maximum Gasteiger partial charge on any atom is 0.342 e. The minimum absolute atomic E-state index is 0. The molecule has 10 saturated heterocycles. The van der Waals surface area contributed by atoms with Gasteiger partial charge in [0.15, 0.2) is 0 Å². The molecule has 0 radical (unpaired) electrons. The summed E-state index contributed by atoms with van der Waals surface area (Å²) in [4.78, 5) is 144. The lowest BCUT2D eigenvalue weighted by atomic mass is 9.81. The number of unbranched alkanes of at least 4 members (excludes halogenated alkanes) is 5. The number of hydroxylamine groups is 10. The zero-order chi connectivity index (χ0) is 109. The van der Waals surface area contributed by atoms with Crippen LogP contribution in [-0.4, -0.2) is 310 Å². The van der Waals surface area contributed by atoms with E-state index >= 15 is 0 Å². The molecule has 10 fully saturated rings. The van der Waals surface area contributed by atoms with Gasteiger partial charge in [0.2, 0.25) is 0 Å². The van der Waals surface area contributed by atoms with Gasteiger partial charge in [-0.15, -0.1) is 0 Å². The maximum absolute atomic E-state index is 11.6. The van der Waals surface area contributed by atoms with Crippen molar-refractivity contribution in [3.63, 3.8) is 0 Å². The highest BCUT2D eigenvalue weighted by Crippen LogP contribution is 2.57. The lowest BCUT2D eigenvalue weighted by molar-refractivity contribution is -0.237. The van der Waals surface area contributed by atoms with Crippen molar-refractivity contribution in [2.75, 3.05) is 96.9 Å². The number of rotatable bonds is 30. The van der Waals surface area contributed by atoms with Crippen LogP contribution in [0.2, 0.25) is 0 Å². The predicted octanol–water partition coefficient (Wildman–Crippen LogP) is 13.9. The van der Waals surface area contributed by atoms with Crippen molar-refractivity contribution in [2.45, 2.75) is 383 Å². The summed E-state index contributed by atoms with van der Waals surface area (Å²) < 4.78 is 161. The standard InChI is InChI=1S/5C9H17NO2.5C7H17NO6P2.10H3N/c5*1-8(2)5-7(11)6-9(3,4)10(8)12;5*8-7(16(10,11)12)3-1-2-6-15(9)13-4-5-14-15;;;;;;;;;;/h5*12H,5-6H2,1-4H3;5*7H,1-6,8H2,(H2,10,11,12);10*1H3. The van der Waals surface area contributed by atoms with E-state index in [2.05, 4.69) is 0 Å². The third-order valence-corrected chi connectivity index (χ3v) is 39.1. The molecule has 70 heteroatoms. The number of hydrogen-bond donors (Lipinski definition) is 30. The molecule has 10 rings (SSSR count). The van der Waals surface area contributed by atoms with Crippen LogP contribution in [0.15, 0.2) is 0 Å². The van der Waals surface area contributed by atoms with Crippen LogP contribution in [0.25, 0.3) is 0 Å². The van der Waals surface area contributed by atoms with Crippen LogP contribution in [0.5, 0.6) is 0 Å². The Labute approximate surface area is 886 Å². The van der Waals surface area contributed by atoms with Gasteiger partial charge in [-0.1, -0.05) is 32.1 Å². The molecule has 0 aromatic heterocycles. The van der Waals surface area contributed by atoms with E-state index in [1.807, 2.05) is 138 Å². The lowest BCUT2D eigenvalue weighted by Gasteiger charge is -2.47. The molecule has 55 N–H and O–H groups in total. The molecule has 10 aliphatic heterocycles. The van der Waals surface area contributed by atoms with Crippen LogP contribution in [0.1, 0.15) is 299 Å². The normalized spacial score (nSPS) is 23.4. The average Bonchev–Trinajstić information content (AvgIpc) is 1.55. The quantitative estimate of drug-likeness (QED) is 0.0235. The molecule has 5 unspecified atom stereocenters. The summed E-state index contributed by atoms with van der Waals surface area (Å²) in [6.45, 7) is 41.1. The number of ketones is 5. The molecular weight excluding hydrogens is 2190 g/mol. The number of nitrogens with zero attached hydrogens (tertiary/aromatic N) is 5. The van der Waals surface area contributed by atoms with E-state index in [-0.39, 0.29) is 153 Å². The zero-order valence-corrected chi connectivity index (χ0v) is 101. The molecule has 910 valence electrons. The first-order valence-corrected chi connectivity index (χ1v) is 63.5. The van der Waals surface area contributed by atoms with Crippen LogP contribution in [-0.2, 0) is 115 Å². The second-order valence-corrected chi connectivity index (χ2v) is 62.5. The van der Waals surface area contributed by atoms with E-state index in [1.165, 1.54) is 25.3 Å². The fourth-order valence-corrected chi connectivity index (χ4v) is 27.6. The Balaban J connectivity index is -0.000000181. The Kier molecular flexibility index (Phi) is 78.4. The molecule has 60 nitrogen and oxygen atoms in total. The van der Waals surface area contributed by atoms with Crippen molar-refractivity contribution < 1.29 is 190 Å². The molecule has 0 spiro atoms. The smallest absolute Gasteiger partial charge is 0.342 e. The summed E-state index contributed by atoms with van der Waals surface area (Å²) in [7, 11) is -35.5. The van der Waals surface area contributed by atoms with Crippen molar-refractivity contribution >= 4 is 105 Å². The molecule has 0 aromatic carbocycles. The van der Waals surface area contributed by atoms with Crippen molar-refractivity contribution in [3.05, 3.63) is 0 Å². The molecule has 150 heavy (non-hydrogen) atoms. The Bertz CT molecular complexity index is 3680. The topological polar surface area (TPSA) is 1150 Å². The van der Waals surface area contributed by atoms with Crippen molar-refractivity contribution in [2.24, 2.45) is 28.7 Å². The van der Waals surface area contributed by atoms with Gasteiger partial charge >= 0.3 is 76.0 Å². The van der Waals surface area contributed by atoms with Gasteiger partial charge in [-0.25, -0.2) is 0 Å². The number of nitrogens with two attached hydrogens (primary N) is 5. The summed E-state index contributed by atoms with van der Waals surface area (Å²) in [6, 6.07) is 0. The highest BCUT2D eigenvalue weighted by Gasteiger charge is 2.50. The first-order chi connectivity index (χ1) is 63.0. The number of carbonyl (C=O) groups excluding carboxylic acids is 5. The van der Waals surface area contributed by atoms with Gasteiger partial charge in [0.1, 0.15) is 57.8 Å². The van der Waals surface area contributed by atoms with E-state index in [9.17, 15) is 95.7 Å². The molecule has 0 bridgehead atoms. The number of hydrogen-bond acceptors (Lipinski definition) is 50. The largest absolute Gasteiger partial charge is 0.344 e. The van der Waals surface area contributed by atoms with Crippen molar-refractivity contribution in [1.29, 1.82) is 0 Å². The van der Waals surface area contributed by atoms with E-state index in [4.69, 9.17) is 123 Å². The van der Waals surface area contributed by atoms with Crippen molar-refractivity contribution in [1.82, 2.24) is 86.8 Å². The fourth-order valence-electron chi connectivity index (χ4n) is 16.7. The Morgan fingerprint density at radius 3 is 0.387 bits per heavy atom. The maximum atomic E-state index is 11.6. The van der Waals surface area contributed by atoms with E-state index in [0.29, 0.717) is 194 Å². The van der Waals surface area contributed by atoms with Crippen molar-refractivity contribution in [3.8, 4) is 0 Å². The summed E-state index contributed by atoms with van der Waals surface area (Å²) in [5.41, 5.74) is 22.2. The van der Waals surface area contributed by atoms with E-state index in [1.54, 1.807) is 0 Å². The SMILES string of the molecule is CC1(C)CC(=O)CC(C)(C)N1O.CC1(C)CC(=O)CC(C)(C)N1O.CC1(C)CC(=O)CC(C)(C)N1O.CC1(C)CC(=O)CC(C)(C)N1O.CC1(C)CC(=O)CC(C)(C)N1O.N.N.N.N.N.N.N.N.N.N.NC(CCCCP1(=O)OCCO1)P(=O)(O)O.NC(CCCCP1(=O)OCCO1)P(=O)(O)O.NC(CCCCP1(=O)OCCO1)P(=O)(O)O.NC(CCCCP1(=O)OCCO1)P(=O)(O)O.NC(CCCCP1(=O)OCCO1)P(=O)(O)O. The first-order valence-electron chi connectivity index (χ1n) is 46.4. The number of piperidine rings is 5. The van der Waals surface area contributed by atoms with Crippen LogP contribution in [0.4, 0.5) is 0 Å². The van der Waals surface area contributed by atoms with Gasteiger partial charge in [-0.3, -0.25) is 69.6 Å². The predicted molar refractivity (Wildman–Crippen MR) is 572 cm³/mol. The van der Waals surface area contributed by atoms with Crippen LogP contribution >= 0.6 is 76.0 Å². The van der Waals surface area contributed by atoms with Crippen LogP contribution in [0, 0.1) is 0 Å². The van der Waals surface area contributed by atoms with Gasteiger partial charge in [0.05, 0.1) is 96.9 Å². The summed E-state index contributed by atoms with van der Waals surface area (Å²) in [6.07, 6.45) is 11.8. The van der Waals surface area contributed by atoms with Gasteiger partial charge in [0.25, 0.3) is 0 Å². The Hall–Kier alpha value is -1.15. The molecule has 10 heterocycles. The van der Waals surface area contributed by atoms with Gasteiger partial charge < -0.3 is 210 Å². The van der Waals surface area contributed by atoms with E-state index < -0.39 is 160 Å². The zero-order valence-electron chi connectivity index (χ0n) is 92.3. The summed E-state index contributed by atoms with van der Waals surface area (Å²) >= 11 is 0. The highest BCUT2D eigenvalue weighted by molar-refractivity contribution is 7.56. The molecule has 0 saturated carbocycles. The molecule has 5 atom stereocenters. The fraction of sp³-hybridized carbons (Fsp3) is 0.938. The average molecular weight is 2390 g/mol. The Morgan fingerprint density at radius 1 is 0.220 bits per heavy atom. The van der Waals surface area contributed by atoms with Gasteiger partial charge in [-0.2, -0.15) is 25.3 Å². The number of Topliss-reactive ketones (excluding diaryl/α,β-unsaturated/α-hetero) is 5. The Morgan fingerprint density at radius 2 is 0.307 bits per heavy atom. The molecule has 10 aliphatic rings. The van der Waals surface area contributed by atoms with Gasteiger partial charge in [-0.05, 0) is 203 Å². The summed E-state index contributed by atoms with van der Waals surface area (Å²) in [5, 5.41) is 55.4. The molecule has 0 amide bonds. The third kappa shape index (κ3) is 62.3. The van der Waals surface area contributed by atoms with E-state index in [0.717, 1.165) is 0 Å². The number of carbonyl (C=O) groups is 5. The molecule has 0 aliphatic carbocycles. The minimum atomic E-state index is -4.19. The highest BCUT2D eigenvalue weighted by atomic mass is 31.2. The second kappa shape index (κ2) is 69.7. The molecular formula is C80H200N20O40P10. The second-order valence-electron chi connectivity index (χ2n) is 42.4. The summed E-state index contributed by atoms with van der Waals surface area (Å²) in [5.74, 6) is -4.54. The van der Waals surface area contributed by atoms with Gasteiger partial charge in [0, 0.05) is 120 Å². The first kappa shape index (κ1) is 169. The van der Waals surface area contributed by atoms with Crippen LogP contribution < -0.4 is 90.2 Å².